The van der Waals surface area contributed by atoms with Gasteiger partial charge in [0.25, 0.3) is 0 Å². The molecule has 3 radical (unpaired) electrons. The average molecular weight is 413 g/mol. The van der Waals surface area contributed by atoms with Crippen LogP contribution in [0.5, 0.6) is 5.75 Å². The molecule has 4 nitrogen and oxygen atoms in total. The van der Waals surface area contributed by atoms with E-state index in [9.17, 15) is 5.11 Å². The molecule has 5 rings (SSSR count). The molecule has 4 heterocycles. The lowest BCUT2D eigenvalue weighted by Gasteiger charge is -2.64. The molecule has 0 amide bonds. The van der Waals surface area contributed by atoms with Crippen LogP contribution in [-0.2, 0) is 6.42 Å². The molecule has 0 aliphatic carbocycles. The number of benzene rings is 1. The van der Waals surface area contributed by atoms with Crippen LogP contribution in [0.3, 0.4) is 0 Å². The number of hydrogen-bond donors (Lipinski definition) is 1. The number of ether oxygens (including phenoxy) is 1. The lowest BCUT2D eigenvalue weighted by molar-refractivity contribution is -0.846. The molecule has 0 saturated carbocycles. The molecule has 1 N–H and O–H groups in total. The summed E-state index contributed by atoms with van der Waals surface area (Å²) < 4.78 is 5.73. The first-order valence-electron chi connectivity index (χ1n) is 9.87. The van der Waals surface area contributed by atoms with E-state index >= 15 is 0 Å². The van der Waals surface area contributed by atoms with Gasteiger partial charge in [-0.3, -0.25) is 0 Å². The number of aromatic nitrogens is 1. The summed E-state index contributed by atoms with van der Waals surface area (Å²) in [5.74, 6) is 1.22. The molecule has 3 saturated heterocycles. The minimum Gasteiger partial charge on any atom is -0.586 e. The van der Waals surface area contributed by atoms with E-state index in [0.717, 1.165) is 59.2 Å². The first-order chi connectivity index (χ1) is 13.4. The van der Waals surface area contributed by atoms with Crippen LogP contribution < -0.4 is 4.74 Å². The minimum atomic E-state index is -0.660. The SMILES string of the molecule is [B-][N+]12CCC(CC1)C(O)(CCC(=S)Cc1nc(-c3ccc(OC)cc3)cs1)C2. The minimum absolute atomic E-state index is 0.375. The number of hydrogen-bond acceptors (Lipinski definition) is 5. The molecular weight excluding hydrogens is 387 g/mol. The van der Waals surface area contributed by atoms with Crippen LogP contribution in [-0.4, -0.2) is 59.7 Å². The van der Waals surface area contributed by atoms with Gasteiger partial charge < -0.3 is 14.2 Å². The van der Waals surface area contributed by atoms with Crippen LogP contribution in [0, 0.1) is 5.92 Å². The van der Waals surface area contributed by atoms with Crippen molar-refractivity contribution in [3.63, 3.8) is 0 Å². The van der Waals surface area contributed by atoms with Gasteiger partial charge in [0.05, 0.1) is 24.4 Å². The van der Waals surface area contributed by atoms with Crippen molar-refractivity contribution in [3.8, 4) is 17.0 Å². The van der Waals surface area contributed by atoms with Gasteiger partial charge in [0.1, 0.15) is 11.4 Å². The van der Waals surface area contributed by atoms with Gasteiger partial charge in [0, 0.05) is 36.4 Å². The number of rotatable bonds is 7. The highest BCUT2D eigenvalue weighted by molar-refractivity contribution is 7.80. The molecular formula is C21H26BN2O2S2. The van der Waals surface area contributed by atoms with Crippen LogP contribution in [0.4, 0.5) is 0 Å². The summed E-state index contributed by atoms with van der Waals surface area (Å²) in [5, 5.41) is 14.3. The molecule has 3 aliphatic rings. The lowest BCUT2D eigenvalue weighted by atomic mass is 9.69. The van der Waals surface area contributed by atoms with Crippen molar-refractivity contribution in [2.45, 2.75) is 37.7 Å². The highest BCUT2D eigenvalue weighted by Crippen LogP contribution is 2.41. The standard InChI is InChI=1S/C21H26BN2O2S2/c1-26-17-4-2-15(3-5-17)19-13-28-20(23-19)12-18(27)6-9-21(25)14-24(22)10-7-16(21)8-11-24/h2-5,13,16,25H,6-12,14H2,1H3. The number of nitrogens with zero attached hydrogens (tertiary/aromatic N) is 2. The number of methoxy groups -OCH3 is 1. The van der Waals surface area contributed by atoms with Crippen molar-refractivity contribution in [3.05, 3.63) is 34.7 Å². The fourth-order valence-electron chi connectivity index (χ4n) is 4.63. The van der Waals surface area contributed by atoms with Gasteiger partial charge in [-0.1, -0.05) is 12.2 Å². The zero-order valence-corrected chi connectivity index (χ0v) is 17.9. The van der Waals surface area contributed by atoms with E-state index in [1.807, 2.05) is 24.3 Å². The quantitative estimate of drug-likeness (QED) is 0.557. The smallest absolute Gasteiger partial charge is 0.118 e. The van der Waals surface area contributed by atoms with E-state index in [1.165, 1.54) is 0 Å². The van der Waals surface area contributed by atoms with E-state index in [0.29, 0.717) is 29.7 Å². The van der Waals surface area contributed by atoms with Crippen molar-refractivity contribution in [2.24, 2.45) is 5.92 Å². The van der Waals surface area contributed by atoms with Crippen LogP contribution in [0.1, 0.15) is 30.7 Å². The van der Waals surface area contributed by atoms with Crippen LogP contribution >= 0.6 is 23.6 Å². The molecule has 1 atom stereocenters. The molecule has 7 heteroatoms. The second-order valence-corrected chi connectivity index (χ2v) is 9.79. The van der Waals surface area contributed by atoms with Crippen LogP contribution in [0.2, 0.25) is 0 Å². The molecule has 2 bridgehead atoms. The van der Waals surface area contributed by atoms with Crippen molar-refractivity contribution < 1.29 is 14.2 Å². The summed E-state index contributed by atoms with van der Waals surface area (Å²) in [6.07, 6.45) is 4.21. The number of fused-ring (bicyclic) bond motifs is 3. The molecule has 1 aromatic carbocycles. The van der Waals surface area contributed by atoms with Gasteiger partial charge in [0.2, 0.25) is 0 Å². The fraction of sp³-hybridized carbons (Fsp3) is 0.524. The van der Waals surface area contributed by atoms with E-state index in [2.05, 4.69) is 5.38 Å². The van der Waals surface area contributed by atoms with E-state index in [4.69, 9.17) is 29.9 Å². The summed E-state index contributed by atoms with van der Waals surface area (Å²) >= 11 is 7.27. The summed E-state index contributed by atoms with van der Waals surface area (Å²) in [7, 11) is 8.07. The van der Waals surface area contributed by atoms with E-state index in [-0.39, 0.29) is 0 Å². The Morgan fingerprint density at radius 3 is 2.71 bits per heavy atom. The molecule has 28 heavy (non-hydrogen) atoms. The molecule has 0 spiro atoms. The van der Waals surface area contributed by atoms with E-state index < -0.39 is 5.60 Å². The number of aliphatic hydroxyl groups is 1. The van der Waals surface area contributed by atoms with Crippen molar-refractivity contribution in [1.29, 1.82) is 0 Å². The number of quaternary nitrogens is 1. The molecule has 147 valence electrons. The first kappa shape index (κ1) is 20.0. The van der Waals surface area contributed by atoms with Gasteiger partial charge >= 0.3 is 0 Å². The Morgan fingerprint density at radius 2 is 2.07 bits per heavy atom. The van der Waals surface area contributed by atoms with E-state index in [1.54, 1.807) is 18.4 Å². The fourth-order valence-corrected chi connectivity index (χ4v) is 5.81. The maximum absolute atomic E-state index is 11.2. The van der Waals surface area contributed by atoms with Gasteiger partial charge in [0.15, 0.2) is 0 Å². The third kappa shape index (κ3) is 4.18. The van der Waals surface area contributed by atoms with Gasteiger partial charge in [-0.2, -0.15) is 0 Å². The second kappa shape index (κ2) is 7.86. The summed E-state index contributed by atoms with van der Waals surface area (Å²) in [5.41, 5.74) is 1.38. The normalized spacial score (nSPS) is 29.0. The molecule has 1 aromatic heterocycles. The number of piperidine rings is 3. The van der Waals surface area contributed by atoms with Gasteiger partial charge in [-0.15, -0.1) is 11.3 Å². The molecule has 3 aliphatic heterocycles. The topological polar surface area (TPSA) is 42.4 Å². The maximum Gasteiger partial charge on any atom is 0.118 e. The Labute approximate surface area is 177 Å². The molecule has 3 fully saturated rings. The van der Waals surface area contributed by atoms with Gasteiger partial charge in [-0.25, -0.2) is 13.0 Å². The Kier molecular flexibility index (Phi) is 5.62. The number of thiocarbonyl (C=S) groups is 1. The average Bonchev–Trinajstić information content (AvgIpc) is 3.15. The summed E-state index contributed by atoms with van der Waals surface area (Å²) in [6.45, 7) is 2.65. The van der Waals surface area contributed by atoms with Gasteiger partial charge in [-0.05, 0) is 54.8 Å². The predicted octanol–water partition coefficient (Wildman–Crippen LogP) is 3.57. The Hall–Kier alpha value is -1.28. The van der Waals surface area contributed by atoms with Crippen molar-refractivity contribution in [2.75, 3.05) is 26.7 Å². The Morgan fingerprint density at radius 1 is 1.36 bits per heavy atom. The maximum atomic E-state index is 11.2. The number of thiazole rings is 1. The predicted molar refractivity (Wildman–Crippen MR) is 118 cm³/mol. The van der Waals surface area contributed by atoms with Crippen LogP contribution in [0.15, 0.2) is 29.6 Å². The third-order valence-corrected chi connectivity index (χ3v) is 7.51. The van der Waals surface area contributed by atoms with Crippen molar-refractivity contribution in [1.82, 2.24) is 4.98 Å². The highest BCUT2D eigenvalue weighted by atomic mass is 32.1. The largest absolute Gasteiger partial charge is 0.586 e. The monoisotopic (exact) mass is 413 g/mol. The third-order valence-electron chi connectivity index (χ3n) is 6.32. The summed E-state index contributed by atoms with van der Waals surface area (Å²) in [6, 6.07) is 7.93. The Bertz CT molecular complexity index is 846. The lowest BCUT2D eigenvalue weighted by Crippen LogP contribution is -2.68. The summed E-state index contributed by atoms with van der Waals surface area (Å²) in [4.78, 5) is 5.70. The Balaban J connectivity index is 1.34. The zero-order valence-electron chi connectivity index (χ0n) is 16.3. The first-order valence-corrected chi connectivity index (χ1v) is 11.2. The second-order valence-electron chi connectivity index (χ2n) is 8.27. The molecule has 2 aromatic rings. The van der Waals surface area contributed by atoms with Crippen LogP contribution in [0.25, 0.3) is 11.3 Å². The highest BCUT2D eigenvalue weighted by Gasteiger charge is 2.47. The zero-order chi connectivity index (χ0) is 19.8. The van der Waals surface area contributed by atoms with Crippen molar-refractivity contribution >= 4 is 36.4 Å². The molecule has 1 unspecified atom stereocenters.